The van der Waals surface area contributed by atoms with Crippen LogP contribution in [-0.2, 0) is 16.1 Å². The van der Waals surface area contributed by atoms with Gasteiger partial charge in [-0.3, -0.25) is 9.59 Å². The molecule has 1 aromatic rings. The van der Waals surface area contributed by atoms with E-state index in [1.165, 1.54) is 0 Å². The van der Waals surface area contributed by atoms with E-state index >= 15 is 0 Å². The fourth-order valence-electron chi connectivity index (χ4n) is 3.16. The number of rotatable bonds is 4. The van der Waals surface area contributed by atoms with Crippen LogP contribution in [0.3, 0.4) is 0 Å². The fraction of sp³-hybridized carbons (Fsp3) is 0.643. The third kappa shape index (κ3) is 3.08. The first kappa shape index (κ1) is 14.8. The zero-order valence-electron chi connectivity index (χ0n) is 12.0. The van der Waals surface area contributed by atoms with Crippen molar-refractivity contribution in [3.05, 3.63) is 16.6 Å². The molecule has 0 aliphatic carbocycles. The van der Waals surface area contributed by atoms with E-state index in [9.17, 15) is 9.59 Å². The maximum Gasteiger partial charge on any atom is 0.232 e. The van der Waals surface area contributed by atoms with Gasteiger partial charge in [0.1, 0.15) is 0 Å². The quantitative estimate of drug-likeness (QED) is 0.841. The number of fused-ring (bicyclic) bond motifs is 4. The number of nitrogens with zero attached hydrogens (tertiary/aromatic N) is 3. The summed E-state index contributed by atoms with van der Waals surface area (Å²) >= 11 is 3.09. The molecular weight excluding hydrogens is 306 g/mol. The lowest BCUT2D eigenvalue weighted by atomic mass is 9.94. The molecule has 0 aromatic carbocycles. The molecule has 0 N–H and O–H groups in total. The number of amides is 2. The van der Waals surface area contributed by atoms with Crippen LogP contribution in [0.4, 0.5) is 0 Å². The molecule has 3 fully saturated rings. The van der Waals surface area contributed by atoms with Gasteiger partial charge in [0.25, 0.3) is 0 Å². The van der Waals surface area contributed by atoms with Crippen molar-refractivity contribution in [3.63, 3.8) is 0 Å². The van der Waals surface area contributed by atoms with E-state index < -0.39 is 0 Å². The van der Waals surface area contributed by atoms with Gasteiger partial charge in [-0.25, -0.2) is 4.98 Å². The molecule has 0 saturated carbocycles. The standard InChI is InChI=1S/C14H19N3O2S2/c1-20-8-13(18)16-4-10-2-3-12(6-16)17(14(10)19)5-11-7-21-9-15-11/h7,9-10,12H,2-6,8H2,1H3/t10-,12+/m0/s1. The zero-order valence-corrected chi connectivity index (χ0v) is 13.7. The highest BCUT2D eigenvalue weighted by Gasteiger charge is 2.41. The van der Waals surface area contributed by atoms with Gasteiger partial charge in [-0.15, -0.1) is 11.3 Å². The van der Waals surface area contributed by atoms with Gasteiger partial charge in [0.2, 0.25) is 11.8 Å². The molecule has 0 spiro atoms. The molecule has 5 nitrogen and oxygen atoms in total. The lowest BCUT2D eigenvalue weighted by Crippen LogP contribution is -2.47. The Bertz CT molecular complexity index is 520. The van der Waals surface area contributed by atoms with Crippen LogP contribution in [0.5, 0.6) is 0 Å². The Morgan fingerprint density at radius 3 is 3.05 bits per heavy atom. The van der Waals surface area contributed by atoms with E-state index in [2.05, 4.69) is 4.98 Å². The molecule has 4 rings (SSSR count). The van der Waals surface area contributed by atoms with Gasteiger partial charge in [-0.2, -0.15) is 11.8 Å². The fourth-order valence-corrected chi connectivity index (χ4v) is 4.14. The molecule has 3 aliphatic rings. The molecule has 21 heavy (non-hydrogen) atoms. The van der Waals surface area contributed by atoms with Crippen molar-refractivity contribution in [3.8, 4) is 0 Å². The van der Waals surface area contributed by atoms with Gasteiger partial charge >= 0.3 is 0 Å². The number of thiazole rings is 1. The summed E-state index contributed by atoms with van der Waals surface area (Å²) in [6.07, 6.45) is 3.83. The van der Waals surface area contributed by atoms with Gasteiger partial charge in [0.05, 0.1) is 29.4 Å². The van der Waals surface area contributed by atoms with Crippen LogP contribution in [0.2, 0.25) is 0 Å². The van der Waals surface area contributed by atoms with Crippen LogP contribution in [0, 0.1) is 5.92 Å². The number of hydrogen-bond acceptors (Lipinski definition) is 5. The molecule has 7 heteroatoms. The zero-order chi connectivity index (χ0) is 14.8. The van der Waals surface area contributed by atoms with E-state index in [0.717, 1.165) is 18.5 Å². The maximum absolute atomic E-state index is 12.6. The maximum atomic E-state index is 12.6. The van der Waals surface area contributed by atoms with Crippen molar-refractivity contribution in [1.82, 2.24) is 14.8 Å². The minimum Gasteiger partial charge on any atom is -0.339 e. The van der Waals surface area contributed by atoms with Crippen LogP contribution in [0.1, 0.15) is 18.5 Å². The number of hydrogen-bond donors (Lipinski definition) is 0. The molecule has 0 radical (unpaired) electrons. The Labute approximate surface area is 132 Å². The smallest absolute Gasteiger partial charge is 0.232 e. The Balaban J connectivity index is 1.76. The molecule has 114 valence electrons. The van der Waals surface area contributed by atoms with E-state index in [4.69, 9.17) is 0 Å². The Hall–Kier alpha value is -1.08. The van der Waals surface area contributed by atoms with E-state index in [0.29, 0.717) is 25.4 Å². The normalized spacial score (nSPS) is 25.3. The van der Waals surface area contributed by atoms with Gasteiger partial charge < -0.3 is 9.80 Å². The first-order valence-corrected chi connectivity index (χ1v) is 9.47. The summed E-state index contributed by atoms with van der Waals surface area (Å²) in [5.74, 6) is 0.814. The van der Waals surface area contributed by atoms with Crippen LogP contribution in [-0.4, -0.2) is 57.7 Å². The van der Waals surface area contributed by atoms with Crippen LogP contribution in [0.15, 0.2) is 10.9 Å². The largest absolute Gasteiger partial charge is 0.339 e. The first-order chi connectivity index (χ1) is 10.2. The van der Waals surface area contributed by atoms with Crippen molar-refractivity contribution < 1.29 is 9.59 Å². The van der Waals surface area contributed by atoms with Crippen LogP contribution >= 0.6 is 23.1 Å². The SMILES string of the molecule is CSCC(=O)N1C[C@@H]2CC[C@H](C1)N(Cc1cscn1)C2=O. The first-order valence-electron chi connectivity index (χ1n) is 7.13. The highest BCUT2D eigenvalue weighted by molar-refractivity contribution is 7.99. The summed E-state index contributed by atoms with van der Waals surface area (Å²) in [4.78, 5) is 32.9. The molecule has 4 heterocycles. The molecule has 3 saturated heterocycles. The van der Waals surface area contributed by atoms with Crippen molar-refractivity contribution in [2.24, 2.45) is 5.92 Å². The molecule has 2 atom stereocenters. The average molecular weight is 325 g/mol. The van der Waals surface area contributed by atoms with Crippen molar-refractivity contribution >= 4 is 34.9 Å². The summed E-state index contributed by atoms with van der Waals surface area (Å²) < 4.78 is 0. The van der Waals surface area contributed by atoms with Crippen LogP contribution in [0.25, 0.3) is 0 Å². The number of carbonyl (C=O) groups is 2. The second-order valence-electron chi connectivity index (χ2n) is 5.61. The molecule has 3 aliphatic heterocycles. The number of thioether (sulfide) groups is 1. The van der Waals surface area contributed by atoms with E-state index in [-0.39, 0.29) is 23.8 Å². The Kier molecular flexibility index (Phi) is 4.49. The molecule has 2 bridgehead atoms. The number of piperidine rings is 1. The van der Waals surface area contributed by atoms with Gasteiger partial charge in [0, 0.05) is 24.5 Å². The van der Waals surface area contributed by atoms with E-state index in [1.807, 2.05) is 21.4 Å². The third-order valence-corrected chi connectivity index (χ3v) is 5.40. The second kappa shape index (κ2) is 6.36. The topological polar surface area (TPSA) is 53.5 Å². The predicted octanol–water partition coefficient (Wildman–Crippen LogP) is 1.46. The monoisotopic (exact) mass is 325 g/mol. The van der Waals surface area contributed by atoms with Crippen molar-refractivity contribution in [2.45, 2.75) is 25.4 Å². The van der Waals surface area contributed by atoms with Gasteiger partial charge in [-0.05, 0) is 19.1 Å². The third-order valence-electron chi connectivity index (χ3n) is 4.23. The predicted molar refractivity (Wildman–Crippen MR) is 84.1 cm³/mol. The molecular formula is C14H19N3O2S2. The summed E-state index contributed by atoms with van der Waals surface area (Å²) in [7, 11) is 0. The lowest BCUT2D eigenvalue weighted by molar-refractivity contribution is -0.140. The molecule has 0 unspecified atom stereocenters. The van der Waals surface area contributed by atoms with Crippen molar-refractivity contribution in [1.29, 1.82) is 0 Å². The van der Waals surface area contributed by atoms with E-state index in [1.54, 1.807) is 28.6 Å². The lowest BCUT2D eigenvalue weighted by Gasteiger charge is -2.35. The number of aromatic nitrogens is 1. The van der Waals surface area contributed by atoms with Crippen LogP contribution < -0.4 is 0 Å². The summed E-state index contributed by atoms with van der Waals surface area (Å²) in [6, 6.07) is 0.142. The highest BCUT2D eigenvalue weighted by atomic mass is 32.2. The van der Waals surface area contributed by atoms with Gasteiger partial charge in [0.15, 0.2) is 0 Å². The highest BCUT2D eigenvalue weighted by Crippen LogP contribution is 2.30. The molecule has 1 aromatic heterocycles. The Morgan fingerprint density at radius 1 is 1.48 bits per heavy atom. The summed E-state index contributed by atoms with van der Waals surface area (Å²) in [5.41, 5.74) is 2.74. The minimum atomic E-state index is -0.0341. The number of carbonyl (C=O) groups excluding carboxylic acids is 2. The summed E-state index contributed by atoms with van der Waals surface area (Å²) in [5, 5.41) is 1.99. The minimum absolute atomic E-state index is 0.0341. The molecule has 2 amide bonds. The Morgan fingerprint density at radius 2 is 2.33 bits per heavy atom. The van der Waals surface area contributed by atoms with Gasteiger partial charge in [-0.1, -0.05) is 0 Å². The average Bonchev–Trinajstić information content (AvgIpc) is 2.83. The van der Waals surface area contributed by atoms with Crippen molar-refractivity contribution in [2.75, 3.05) is 25.1 Å². The summed E-state index contributed by atoms with van der Waals surface area (Å²) in [6.45, 7) is 1.84. The second-order valence-corrected chi connectivity index (χ2v) is 7.19.